The van der Waals surface area contributed by atoms with E-state index in [1.807, 2.05) is 13.8 Å². The molecule has 1 amide bonds. The Morgan fingerprint density at radius 1 is 1.22 bits per heavy atom. The highest BCUT2D eigenvalue weighted by Crippen LogP contribution is 2.14. The predicted molar refractivity (Wildman–Crippen MR) is 83.9 cm³/mol. The Labute approximate surface area is 134 Å². The highest BCUT2D eigenvalue weighted by molar-refractivity contribution is 5.89. The summed E-state index contributed by atoms with van der Waals surface area (Å²) in [5.74, 6) is 0.343. The lowest BCUT2D eigenvalue weighted by Crippen LogP contribution is -2.23. The van der Waals surface area contributed by atoms with Crippen LogP contribution in [0.4, 0.5) is 0 Å². The number of aromatic nitrogens is 1. The third-order valence-electron chi connectivity index (χ3n) is 3.65. The largest absolute Gasteiger partial charge is 0.465 e. The molecule has 1 N–H and O–H groups in total. The zero-order valence-corrected chi connectivity index (χ0v) is 13.5. The van der Waals surface area contributed by atoms with Crippen molar-refractivity contribution in [2.45, 2.75) is 33.2 Å². The Kier molecular flexibility index (Phi) is 5.51. The highest BCUT2D eigenvalue weighted by atomic mass is 16.5. The summed E-state index contributed by atoms with van der Waals surface area (Å²) < 4.78 is 9.72. The smallest absolute Gasteiger partial charge is 0.337 e. The molecule has 0 atom stereocenters. The summed E-state index contributed by atoms with van der Waals surface area (Å²) in [6.07, 6.45) is 0.984. The second-order valence-corrected chi connectivity index (χ2v) is 5.27. The number of benzene rings is 1. The first-order chi connectivity index (χ1) is 11.0. The first-order valence-corrected chi connectivity index (χ1v) is 7.37. The minimum atomic E-state index is -0.375. The summed E-state index contributed by atoms with van der Waals surface area (Å²) in [7, 11) is 1.34. The van der Waals surface area contributed by atoms with Crippen LogP contribution >= 0.6 is 0 Å². The molecule has 23 heavy (non-hydrogen) atoms. The van der Waals surface area contributed by atoms with Gasteiger partial charge < -0.3 is 14.6 Å². The van der Waals surface area contributed by atoms with Gasteiger partial charge in [0.15, 0.2) is 0 Å². The lowest BCUT2D eigenvalue weighted by atomic mass is 10.1. The summed E-state index contributed by atoms with van der Waals surface area (Å²) in [6.45, 7) is 4.13. The van der Waals surface area contributed by atoms with E-state index in [1.54, 1.807) is 24.3 Å². The van der Waals surface area contributed by atoms with E-state index >= 15 is 0 Å². The molecule has 0 radical (unpaired) electrons. The van der Waals surface area contributed by atoms with E-state index in [9.17, 15) is 9.59 Å². The minimum Gasteiger partial charge on any atom is -0.465 e. The zero-order chi connectivity index (χ0) is 16.8. The summed E-state index contributed by atoms with van der Waals surface area (Å²) in [5.41, 5.74) is 3.22. The number of carbonyl (C=O) groups excluding carboxylic acids is 2. The van der Waals surface area contributed by atoms with E-state index in [-0.39, 0.29) is 11.9 Å². The molecule has 1 aromatic carbocycles. The summed E-state index contributed by atoms with van der Waals surface area (Å²) >= 11 is 0. The van der Waals surface area contributed by atoms with Crippen molar-refractivity contribution in [2.24, 2.45) is 0 Å². The summed E-state index contributed by atoms with van der Waals surface area (Å²) in [4.78, 5) is 23.3. The lowest BCUT2D eigenvalue weighted by Gasteiger charge is -2.06. The molecule has 0 aliphatic carbocycles. The molecule has 0 aliphatic heterocycles. The van der Waals surface area contributed by atoms with Crippen LogP contribution in [-0.2, 0) is 22.5 Å². The third kappa shape index (κ3) is 4.42. The number of methoxy groups -OCH3 is 1. The van der Waals surface area contributed by atoms with Crippen molar-refractivity contribution < 1.29 is 18.8 Å². The summed E-state index contributed by atoms with van der Waals surface area (Å²) in [5, 5.41) is 6.73. The highest BCUT2D eigenvalue weighted by Gasteiger charge is 2.11. The molecule has 2 aromatic rings. The van der Waals surface area contributed by atoms with Crippen molar-refractivity contribution in [3.05, 3.63) is 52.4 Å². The first-order valence-electron chi connectivity index (χ1n) is 7.37. The normalized spacial score (nSPS) is 10.4. The Balaban J connectivity index is 1.81. The zero-order valence-electron chi connectivity index (χ0n) is 13.5. The van der Waals surface area contributed by atoms with Crippen molar-refractivity contribution >= 4 is 11.9 Å². The molecule has 6 nitrogen and oxygen atoms in total. The molecule has 1 heterocycles. The number of rotatable bonds is 6. The maximum atomic E-state index is 11.9. The molecule has 0 aliphatic rings. The fourth-order valence-electron chi connectivity index (χ4n) is 2.26. The maximum Gasteiger partial charge on any atom is 0.337 e. The van der Waals surface area contributed by atoms with Gasteiger partial charge in [0.25, 0.3) is 0 Å². The third-order valence-corrected chi connectivity index (χ3v) is 3.65. The average molecular weight is 316 g/mol. The van der Waals surface area contributed by atoms with E-state index in [0.29, 0.717) is 24.9 Å². The maximum absolute atomic E-state index is 11.9. The van der Waals surface area contributed by atoms with Gasteiger partial charge in [-0.15, -0.1) is 0 Å². The molecule has 0 unspecified atom stereocenters. The van der Waals surface area contributed by atoms with Crippen molar-refractivity contribution in [3.63, 3.8) is 0 Å². The van der Waals surface area contributed by atoms with Crippen molar-refractivity contribution in [2.75, 3.05) is 7.11 Å². The number of hydrogen-bond donors (Lipinski definition) is 1. The van der Waals surface area contributed by atoms with Gasteiger partial charge in [-0.25, -0.2) is 4.79 Å². The van der Waals surface area contributed by atoms with Gasteiger partial charge in [0.05, 0.1) is 18.4 Å². The number of amides is 1. The second kappa shape index (κ2) is 7.58. The quantitative estimate of drug-likeness (QED) is 0.827. The van der Waals surface area contributed by atoms with Gasteiger partial charge >= 0.3 is 5.97 Å². The number of carbonyl (C=O) groups is 2. The number of aryl methyl sites for hydroxylation is 2. The molecule has 0 saturated heterocycles. The van der Waals surface area contributed by atoms with Gasteiger partial charge in [0.1, 0.15) is 5.76 Å². The Hall–Kier alpha value is -2.63. The second-order valence-electron chi connectivity index (χ2n) is 5.27. The SMILES string of the molecule is COC(=O)c1ccc(CNC(=O)CCc2c(C)noc2C)cc1. The van der Waals surface area contributed by atoms with Gasteiger partial charge in [-0.05, 0) is 38.0 Å². The van der Waals surface area contributed by atoms with E-state index in [2.05, 4.69) is 15.2 Å². The molecular formula is C17H20N2O4. The van der Waals surface area contributed by atoms with Gasteiger partial charge in [-0.2, -0.15) is 0 Å². The van der Waals surface area contributed by atoms with Gasteiger partial charge in [-0.3, -0.25) is 4.79 Å². The molecule has 0 bridgehead atoms. The number of esters is 1. The minimum absolute atomic E-state index is 0.0398. The molecule has 122 valence electrons. The number of nitrogens with one attached hydrogen (secondary N) is 1. The molecule has 2 rings (SSSR count). The van der Waals surface area contributed by atoms with E-state index in [0.717, 1.165) is 22.6 Å². The standard InChI is InChI=1S/C17H20N2O4/c1-11-15(12(2)23-19-11)8-9-16(20)18-10-13-4-6-14(7-5-13)17(21)22-3/h4-7H,8-10H2,1-3H3,(H,18,20). The predicted octanol–water partition coefficient (Wildman–Crippen LogP) is 2.33. The van der Waals surface area contributed by atoms with Gasteiger partial charge in [0.2, 0.25) is 5.91 Å². The number of hydrogen-bond acceptors (Lipinski definition) is 5. The molecular weight excluding hydrogens is 296 g/mol. The first kappa shape index (κ1) is 16.7. The lowest BCUT2D eigenvalue weighted by molar-refractivity contribution is -0.121. The van der Waals surface area contributed by atoms with E-state index in [4.69, 9.17) is 4.52 Å². The Bertz CT molecular complexity index is 670. The molecule has 0 fully saturated rings. The summed E-state index contributed by atoms with van der Waals surface area (Å²) in [6, 6.07) is 6.94. The van der Waals surface area contributed by atoms with Crippen LogP contribution in [0.5, 0.6) is 0 Å². The van der Waals surface area contributed by atoms with Crippen LogP contribution in [0.25, 0.3) is 0 Å². The topological polar surface area (TPSA) is 81.4 Å². The van der Waals surface area contributed by atoms with Crippen LogP contribution in [0.3, 0.4) is 0 Å². The van der Waals surface area contributed by atoms with E-state index in [1.165, 1.54) is 7.11 Å². The van der Waals surface area contributed by atoms with Crippen molar-refractivity contribution in [1.29, 1.82) is 0 Å². The van der Waals surface area contributed by atoms with Crippen LogP contribution in [0.15, 0.2) is 28.8 Å². The van der Waals surface area contributed by atoms with E-state index < -0.39 is 0 Å². The monoisotopic (exact) mass is 316 g/mol. The van der Waals surface area contributed by atoms with Gasteiger partial charge in [-0.1, -0.05) is 17.3 Å². The van der Waals surface area contributed by atoms with Gasteiger partial charge in [0, 0.05) is 18.5 Å². The van der Waals surface area contributed by atoms with Crippen molar-refractivity contribution in [3.8, 4) is 0 Å². The molecule has 0 saturated carbocycles. The van der Waals surface area contributed by atoms with Crippen LogP contribution in [0, 0.1) is 13.8 Å². The Morgan fingerprint density at radius 2 is 1.91 bits per heavy atom. The number of ether oxygens (including phenoxy) is 1. The fourth-order valence-corrected chi connectivity index (χ4v) is 2.26. The van der Waals surface area contributed by atoms with Crippen LogP contribution < -0.4 is 5.32 Å². The number of nitrogens with zero attached hydrogens (tertiary/aromatic N) is 1. The molecule has 1 aromatic heterocycles. The average Bonchev–Trinajstić information content (AvgIpc) is 2.89. The molecule has 6 heteroatoms. The van der Waals surface area contributed by atoms with Crippen LogP contribution in [-0.4, -0.2) is 24.1 Å². The Morgan fingerprint density at radius 3 is 2.48 bits per heavy atom. The van der Waals surface area contributed by atoms with Crippen LogP contribution in [0.2, 0.25) is 0 Å². The van der Waals surface area contributed by atoms with Crippen molar-refractivity contribution in [1.82, 2.24) is 10.5 Å². The van der Waals surface area contributed by atoms with Crippen LogP contribution in [0.1, 0.15) is 39.4 Å². The fraction of sp³-hybridized carbons (Fsp3) is 0.353. The molecule has 0 spiro atoms.